The van der Waals surface area contributed by atoms with Crippen LogP contribution in [0.4, 0.5) is 5.69 Å². The number of hydrogen-bond donors (Lipinski definition) is 2. The molecule has 1 aliphatic rings. The van der Waals surface area contributed by atoms with Crippen LogP contribution in [0.1, 0.15) is 12.0 Å². The Hall–Kier alpha value is -1.46. The Morgan fingerprint density at radius 3 is 2.62 bits per heavy atom. The van der Waals surface area contributed by atoms with E-state index in [1.54, 1.807) is 12.1 Å². The number of guanidine groups is 1. The van der Waals surface area contributed by atoms with E-state index in [0.717, 1.165) is 51.4 Å². The molecule has 1 aliphatic heterocycles. The third kappa shape index (κ3) is 7.41. The summed E-state index contributed by atoms with van der Waals surface area (Å²) < 4.78 is 5.30. The molecule has 1 aromatic carbocycles. The average Bonchev–Trinajstić information content (AvgIpc) is 2.58. The number of rotatable bonds is 7. The van der Waals surface area contributed by atoms with Crippen molar-refractivity contribution in [2.75, 3.05) is 39.4 Å². The van der Waals surface area contributed by atoms with E-state index in [9.17, 15) is 10.1 Å². The van der Waals surface area contributed by atoms with Crippen LogP contribution in [-0.2, 0) is 11.3 Å². The van der Waals surface area contributed by atoms with Gasteiger partial charge in [0.05, 0.1) is 24.7 Å². The van der Waals surface area contributed by atoms with Crippen LogP contribution in [0.2, 0.25) is 0 Å². The zero-order valence-electron chi connectivity index (χ0n) is 13.5. The van der Waals surface area contributed by atoms with Gasteiger partial charge in [0, 0.05) is 31.8 Å². The zero-order valence-corrected chi connectivity index (χ0v) is 15.8. The van der Waals surface area contributed by atoms with Crippen molar-refractivity contribution in [3.8, 4) is 0 Å². The van der Waals surface area contributed by atoms with Crippen LogP contribution in [0.15, 0.2) is 29.3 Å². The SMILES string of the molecule is I.NC(=NCc1ccc([N+](=O)[O-])cc1)NCCCN1CCOCC1. The molecule has 0 radical (unpaired) electrons. The molecule has 0 unspecified atom stereocenters. The van der Waals surface area contributed by atoms with Crippen LogP contribution in [0, 0.1) is 10.1 Å². The lowest BCUT2D eigenvalue weighted by Crippen LogP contribution is -2.39. The van der Waals surface area contributed by atoms with Gasteiger partial charge >= 0.3 is 0 Å². The van der Waals surface area contributed by atoms with E-state index in [1.165, 1.54) is 12.1 Å². The van der Waals surface area contributed by atoms with Crippen molar-refractivity contribution < 1.29 is 9.66 Å². The van der Waals surface area contributed by atoms with Crippen molar-refractivity contribution in [1.29, 1.82) is 0 Å². The van der Waals surface area contributed by atoms with Crippen molar-refractivity contribution >= 4 is 35.6 Å². The molecule has 1 aromatic rings. The molecule has 134 valence electrons. The van der Waals surface area contributed by atoms with Gasteiger partial charge in [-0.2, -0.15) is 0 Å². The first-order valence-electron chi connectivity index (χ1n) is 7.72. The first kappa shape index (κ1) is 20.6. The largest absolute Gasteiger partial charge is 0.379 e. The van der Waals surface area contributed by atoms with Gasteiger partial charge in [0.15, 0.2) is 5.96 Å². The molecule has 2 rings (SSSR count). The summed E-state index contributed by atoms with van der Waals surface area (Å²) in [6, 6.07) is 6.31. The van der Waals surface area contributed by atoms with Gasteiger partial charge in [-0.05, 0) is 18.5 Å². The Labute approximate surface area is 158 Å². The summed E-state index contributed by atoms with van der Waals surface area (Å²) in [7, 11) is 0. The molecule has 0 atom stereocenters. The second kappa shape index (κ2) is 11.2. The summed E-state index contributed by atoms with van der Waals surface area (Å²) in [5.41, 5.74) is 6.77. The summed E-state index contributed by atoms with van der Waals surface area (Å²) in [5, 5.41) is 13.7. The molecule has 0 aliphatic carbocycles. The maximum Gasteiger partial charge on any atom is 0.269 e. The molecular weight excluding hydrogens is 425 g/mol. The molecule has 1 saturated heterocycles. The number of nitrogens with zero attached hydrogens (tertiary/aromatic N) is 3. The first-order chi connectivity index (χ1) is 11.1. The Bertz CT molecular complexity index is 532. The van der Waals surface area contributed by atoms with Crippen molar-refractivity contribution in [2.45, 2.75) is 13.0 Å². The number of hydrogen-bond acceptors (Lipinski definition) is 5. The minimum absolute atomic E-state index is 0. The summed E-state index contributed by atoms with van der Waals surface area (Å²) in [5.74, 6) is 0.394. The molecule has 1 fully saturated rings. The highest BCUT2D eigenvalue weighted by atomic mass is 127. The van der Waals surface area contributed by atoms with Crippen LogP contribution in [-0.4, -0.2) is 55.2 Å². The third-order valence-corrected chi connectivity index (χ3v) is 3.64. The van der Waals surface area contributed by atoms with E-state index < -0.39 is 4.92 Å². The Morgan fingerprint density at radius 2 is 2.00 bits per heavy atom. The van der Waals surface area contributed by atoms with Crippen molar-refractivity contribution in [1.82, 2.24) is 10.2 Å². The smallest absolute Gasteiger partial charge is 0.269 e. The lowest BCUT2D eigenvalue weighted by atomic mass is 10.2. The van der Waals surface area contributed by atoms with E-state index in [1.807, 2.05) is 0 Å². The Balaban J connectivity index is 0.00000288. The van der Waals surface area contributed by atoms with Gasteiger partial charge in [0.2, 0.25) is 0 Å². The number of aliphatic imine (C=N–C) groups is 1. The van der Waals surface area contributed by atoms with Crippen molar-refractivity contribution in [3.05, 3.63) is 39.9 Å². The monoisotopic (exact) mass is 449 g/mol. The predicted molar refractivity (Wildman–Crippen MR) is 104 cm³/mol. The van der Waals surface area contributed by atoms with Gasteiger partial charge in [-0.25, -0.2) is 4.99 Å². The number of nitrogens with two attached hydrogens (primary N) is 1. The molecule has 0 spiro atoms. The lowest BCUT2D eigenvalue weighted by Gasteiger charge is -2.26. The molecule has 8 nitrogen and oxygen atoms in total. The van der Waals surface area contributed by atoms with Gasteiger partial charge in [-0.15, -0.1) is 24.0 Å². The average molecular weight is 449 g/mol. The maximum absolute atomic E-state index is 10.6. The van der Waals surface area contributed by atoms with E-state index in [0.29, 0.717) is 12.5 Å². The number of benzene rings is 1. The van der Waals surface area contributed by atoms with E-state index in [2.05, 4.69) is 15.2 Å². The third-order valence-electron chi connectivity index (χ3n) is 3.64. The number of nitro benzene ring substituents is 1. The minimum Gasteiger partial charge on any atom is -0.379 e. The van der Waals surface area contributed by atoms with E-state index in [4.69, 9.17) is 10.5 Å². The summed E-state index contributed by atoms with van der Waals surface area (Å²) in [6.07, 6.45) is 0.994. The number of morpholine rings is 1. The molecule has 1 heterocycles. The topological polar surface area (TPSA) is 106 Å². The summed E-state index contributed by atoms with van der Waals surface area (Å²) >= 11 is 0. The number of ether oxygens (including phenoxy) is 1. The molecule has 0 amide bonds. The number of halogens is 1. The fourth-order valence-corrected chi connectivity index (χ4v) is 2.30. The van der Waals surface area contributed by atoms with Crippen LogP contribution < -0.4 is 11.1 Å². The predicted octanol–water partition coefficient (Wildman–Crippen LogP) is 1.34. The molecule has 0 bridgehead atoms. The molecular formula is C15H24IN5O3. The highest BCUT2D eigenvalue weighted by Gasteiger charge is 2.09. The summed E-state index contributed by atoms with van der Waals surface area (Å²) in [4.78, 5) is 16.8. The van der Waals surface area contributed by atoms with Crippen LogP contribution in [0.3, 0.4) is 0 Å². The Kier molecular flexibility index (Phi) is 9.57. The normalized spacial score (nSPS) is 15.6. The molecule has 9 heteroatoms. The van der Waals surface area contributed by atoms with E-state index >= 15 is 0 Å². The van der Waals surface area contributed by atoms with Crippen LogP contribution in [0.5, 0.6) is 0 Å². The highest BCUT2D eigenvalue weighted by Crippen LogP contribution is 2.12. The zero-order chi connectivity index (χ0) is 16.5. The quantitative estimate of drug-likeness (QED) is 0.163. The minimum atomic E-state index is -0.419. The van der Waals surface area contributed by atoms with Gasteiger partial charge in [-0.1, -0.05) is 12.1 Å². The number of nitrogens with one attached hydrogen (secondary N) is 1. The van der Waals surface area contributed by atoms with Gasteiger partial charge in [0.1, 0.15) is 0 Å². The van der Waals surface area contributed by atoms with Gasteiger partial charge < -0.3 is 15.8 Å². The number of non-ortho nitro benzene ring substituents is 1. The maximum atomic E-state index is 10.6. The molecule has 3 N–H and O–H groups in total. The van der Waals surface area contributed by atoms with Crippen molar-refractivity contribution in [2.24, 2.45) is 10.7 Å². The second-order valence-corrected chi connectivity index (χ2v) is 5.36. The first-order valence-corrected chi connectivity index (χ1v) is 7.72. The van der Waals surface area contributed by atoms with Crippen molar-refractivity contribution in [3.63, 3.8) is 0 Å². The van der Waals surface area contributed by atoms with Crippen LogP contribution in [0.25, 0.3) is 0 Å². The van der Waals surface area contributed by atoms with Gasteiger partial charge in [0.25, 0.3) is 5.69 Å². The number of nitro groups is 1. The van der Waals surface area contributed by atoms with Gasteiger partial charge in [-0.3, -0.25) is 15.0 Å². The molecule has 0 aromatic heterocycles. The lowest BCUT2D eigenvalue weighted by molar-refractivity contribution is -0.384. The molecule has 24 heavy (non-hydrogen) atoms. The fraction of sp³-hybridized carbons (Fsp3) is 0.533. The standard InChI is InChI=1S/C15H23N5O3.HI/c16-15(17-6-1-7-19-8-10-23-11-9-19)18-12-13-2-4-14(5-3-13)20(21)22;/h2-5H,1,6-12H2,(H3,16,17,18);1H. The highest BCUT2D eigenvalue weighted by molar-refractivity contribution is 14.0. The van der Waals surface area contributed by atoms with Crippen LogP contribution >= 0.6 is 24.0 Å². The molecule has 0 saturated carbocycles. The second-order valence-electron chi connectivity index (χ2n) is 5.36. The van der Waals surface area contributed by atoms with E-state index in [-0.39, 0.29) is 29.7 Å². The summed E-state index contributed by atoms with van der Waals surface area (Å²) in [6.45, 7) is 5.80. The Morgan fingerprint density at radius 1 is 1.33 bits per heavy atom. The fourth-order valence-electron chi connectivity index (χ4n) is 2.30.